The summed E-state index contributed by atoms with van der Waals surface area (Å²) in [6.07, 6.45) is 40.6. The third-order valence-electron chi connectivity index (χ3n) is 11.0. The fraction of sp³-hybridized carbons (Fsp3) is 0.917. The van der Waals surface area contributed by atoms with E-state index in [1.807, 2.05) is 0 Å². The van der Waals surface area contributed by atoms with Crippen LogP contribution in [-0.4, -0.2) is 50.4 Å². The molecule has 0 radical (unpaired) electrons. The van der Waals surface area contributed by atoms with Crippen LogP contribution in [-0.2, 0) is 32.5 Å². The molecule has 10 heteroatoms. The molecule has 344 valence electrons. The molecule has 1 amide bonds. The van der Waals surface area contributed by atoms with E-state index in [1.54, 1.807) is 0 Å². The van der Waals surface area contributed by atoms with Crippen LogP contribution in [0.15, 0.2) is 12.7 Å². The smallest absolute Gasteiger partial charge is 0.462 e. The minimum Gasteiger partial charge on any atom is -0.462 e. The molecule has 58 heavy (non-hydrogen) atoms. The van der Waals surface area contributed by atoms with Crippen LogP contribution < -0.4 is 11.1 Å². The second-order valence-electron chi connectivity index (χ2n) is 16.7. The third kappa shape index (κ3) is 38.9. The Kier molecular flexibility index (Phi) is 42.9. The van der Waals surface area contributed by atoms with Gasteiger partial charge in [-0.2, -0.15) is 0 Å². The Morgan fingerprint density at radius 2 is 1.00 bits per heavy atom. The van der Waals surface area contributed by atoms with Crippen LogP contribution in [0.5, 0.6) is 0 Å². The number of phosphoric ester groups is 1. The lowest BCUT2D eigenvalue weighted by Gasteiger charge is -2.26. The van der Waals surface area contributed by atoms with E-state index >= 15 is 0 Å². The minimum atomic E-state index is -3.96. The highest BCUT2D eigenvalue weighted by Crippen LogP contribution is 2.49. The van der Waals surface area contributed by atoms with Gasteiger partial charge in [-0.1, -0.05) is 207 Å². The van der Waals surface area contributed by atoms with Crippen LogP contribution >= 0.6 is 7.82 Å². The number of ether oxygens (including phenoxy) is 1. The summed E-state index contributed by atoms with van der Waals surface area (Å²) in [6.45, 7) is 10.4. The zero-order valence-corrected chi connectivity index (χ0v) is 39.3. The molecule has 0 aliphatic carbocycles. The zero-order chi connectivity index (χ0) is 42.6. The zero-order valence-electron chi connectivity index (χ0n) is 38.4. The molecule has 0 spiro atoms. The van der Waals surface area contributed by atoms with Crippen molar-refractivity contribution < 1.29 is 32.5 Å². The average Bonchev–Trinajstić information content (AvgIpc) is 3.21. The van der Waals surface area contributed by atoms with Gasteiger partial charge >= 0.3 is 13.8 Å². The Morgan fingerprint density at radius 3 is 1.43 bits per heavy atom. The van der Waals surface area contributed by atoms with Crippen molar-refractivity contribution in [1.29, 1.82) is 0 Å². The number of phosphoric acid groups is 1. The van der Waals surface area contributed by atoms with Gasteiger partial charge in [0, 0.05) is 25.8 Å². The van der Waals surface area contributed by atoms with Crippen LogP contribution in [0.25, 0.3) is 0 Å². The maximum Gasteiger partial charge on any atom is 0.475 e. The number of nitrogens with two attached hydrogens (primary N) is 1. The first-order valence-corrected chi connectivity index (χ1v) is 26.1. The summed E-state index contributed by atoms with van der Waals surface area (Å²) >= 11 is 0. The molecule has 9 nitrogen and oxygen atoms in total. The van der Waals surface area contributed by atoms with Crippen molar-refractivity contribution in [2.45, 2.75) is 258 Å². The van der Waals surface area contributed by atoms with Gasteiger partial charge in [-0.05, 0) is 25.7 Å². The van der Waals surface area contributed by atoms with Gasteiger partial charge in [-0.25, -0.2) is 4.57 Å². The van der Waals surface area contributed by atoms with Gasteiger partial charge in [0.1, 0.15) is 6.10 Å². The molecule has 0 fully saturated rings. The third-order valence-corrected chi connectivity index (χ3v) is 12.4. The molecule has 0 saturated carbocycles. The van der Waals surface area contributed by atoms with Crippen molar-refractivity contribution in [1.82, 2.24) is 5.32 Å². The van der Waals surface area contributed by atoms with E-state index in [0.717, 1.165) is 57.8 Å². The number of hydrogen-bond donors (Lipinski definition) is 2. The average molecular weight is 843 g/mol. The predicted molar refractivity (Wildman–Crippen MR) is 245 cm³/mol. The van der Waals surface area contributed by atoms with Crippen molar-refractivity contribution >= 4 is 19.7 Å². The van der Waals surface area contributed by atoms with E-state index in [2.05, 4.69) is 32.7 Å². The summed E-state index contributed by atoms with van der Waals surface area (Å²) in [4.78, 5) is 26.5. The normalized spacial score (nSPS) is 13.6. The van der Waals surface area contributed by atoms with Gasteiger partial charge in [0.15, 0.2) is 0 Å². The van der Waals surface area contributed by atoms with E-state index in [9.17, 15) is 14.2 Å². The van der Waals surface area contributed by atoms with Gasteiger partial charge in [0.2, 0.25) is 5.91 Å². The maximum atomic E-state index is 13.4. The Morgan fingerprint density at radius 1 is 0.586 bits per heavy atom. The quantitative estimate of drug-likeness (QED) is 0.0268. The summed E-state index contributed by atoms with van der Waals surface area (Å²) < 4.78 is 36.2. The first kappa shape index (κ1) is 56.8. The van der Waals surface area contributed by atoms with Gasteiger partial charge < -0.3 is 15.8 Å². The molecule has 0 aromatic rings. The molecule has 0 aliphatic rings. The van der Waals surface area contributed by atoms with Crippen molar-refractivity contribution in [3.8, 4) is 0 Å². The number of esters is 1. The van der Waals surface area contributed by atoms with E-state index in [0.29, 0.717) is 25.7 Å². The van der Waals surface area contributed by atoms with Gasteiger partial charge in [-0.15, -0.1) is 6.58 Å². The maximum absolute atomic E-state index is 13.4. The number of hydrogen-bond acceptors (Lipinski definition) is 8. The first-order chi connectivity index (χ1) is 28.3. The van der Waals surface area contributed by atoms with Crippen LogP contribution in [0.3, 0.4) is 0 Å². The molecule has 0 aromatic carbocycles. The monoisotopic (exact) mass is 843 g/mol. The number of unbranched alkanes of at least 4 members (excludes halogenated alkanes) is 28. The minimum absolute atomic E-state index is 0.00209. The van der Waals surface area contributed by atoms with E-state index in [-0.39, 0.29) is 44.3 Å². The Labute approximate surface area is 358 Å². The Balaban J connectivity index is 5.30. The van der Waals surface area contributed by atoms with E-state index < -0.39 is 13.9 Å². The largest absolute Gasteiger partial charge is 0.475 e. The highest BCUT2D eigenvalue weighted by Gasteiger charge is 2.30. The Bertz CT molecular complexity index is 968. The number of amides is 1. The van der Waals surface area contributed by atoms with Gasteiger partial charge in [-0.3, -0.25) is 23.2 Å². The van der Waals surface area contributed by atoms with Gasteiger partial charge in [0.05, 0.1) is 25.9 Å². The molecule has 0 rings (SSSR count). The summed E-state index contributed by atoms with van der Waals surface area (Å²) in [5.74, 6) is -0.266. The number of carbonyl (C=O) groups excluding carboxylic acids is 2. The summed E-state index contributed by atoms with van der Waals surface area (Å²) in [6, 6.07) is -0.541. The highest BCUT2D eigenvalue weighted by atomic mass is 31.2. The van der Waals surface area contributed by atoms with Crippen molar-refractivity contribution in [3.63, 3.8) is 0 Å². The molecule has 0 aliphatic heterocycles. The SMILES string of the molecule is C=CCOP(=O)(OCCN)OC[C@@H](CC(CCCCCCCCCC)OC(=O)CCCCCCCCCCCCCC)NC(=O)CCCCCCCCCCCCC. The second kappa shape index (κ2) is 43.8. The van der Waals surface area contributed by atoms with Crippen LogP contribution in [0.2, 0.25) is 0 Å². The lowest BCUT2D eigenvalue weighted by Crippen LogP contribution is -2.41. The fourth-order valence-corrected chi connectivity index (χ4v) is 8.63. The summed E-state index contributed by atoms with van der Waals surface area (Å²) in [7, 11) is -3.96. The molecule has 0 heterocycles. The van der Waals surface area contributed by atoms with Gasteiger partial charge in [0.25, 0.3) is 0 Å². The number of rotatable bonds is 47. The van der Waals surface area contributed by atoms with Crippen molar-refractivity contribution in [2.75, 3.05) is 26.4 Å². The predicted octanol–water partition coefficient (Wildman–Crippen LogP) is 14.4. The number of carbonyl (C=O) groups is 2. The molecular formula is C48H95N2O7P. The van der Waals surface area contributed by atoms with Crippen LogP contribution in [0.1, 0.15) is 245 Å². The molecule has 3 N–H and O–H groups in total. The Hall–Kier alpha value is -1.25. The topological polar surface area (TPSA) is 126 Å². The van der Waals surface area contributed by atoms with E-state index in [1.165, 1.54) is 147 Å². The molecule has 3 atom stereocenters. The molecule has 0 bridgehead atoms. The summed E-state index contributed by atoms with van der Waals surface area (Å²) in [5.41, 5.74) is 5.62. The van der Waals surface area contributed by atoms with Crippen LogP contribution in [0, 0.1) is 0 Å². The lowest BCUT2D eigenvalue weighted by molar-refractivity contribution is -0.150. The lowest BCUT2D eigenvalue weighted by atomic mass is 10.0. The molecule has 2 unspecified atom stereocenters. The highest BCUT2D eigenvalue weighted by molar-refractivity contribution is 7.48. The molecule has 0 aromatic heterocycles. The standard InChI is InChI=1S/C48H95N2O7P/c1-5-9-12-15-18-21-23-25-27-30-33-36-39-48(52)57-46(37-34-31-28-20-17-14-11-7-3)43-45(44-56-58(53,54-41-8-4)55-42-40-49)50-47(51)38-35-32-29-26-24-22-19-16-13-10-6-2/h8,45-46H,4-7,9-44,49H2,1-3H3,(H,50,51)/t45-,46?,58?/m1/s1. The van der Waals surface area contributed by atoms with E-state index in [4.69, 9.17) is 24.0 Å². The molecular weight excluding hydrogens is 748 g/mol. The van der Waals surface area contributed by atoms with Crippen LogP contribution in [0.4, 0.5) is 0 Å². The first-order valence-electron chi connectivity index (χ1n) is 24.7. The molecule has 0 saturated heterocycles. The van der Waals surface area contributed by atoms with Crippen molar-refractivity contribution in [3.05, 3.63) is 12.7 Å². The van der Waals surface area contributed by atoms with Crippen molar-refractivity contribution in [2.24, 2.45) is 5.73 Å². The second-order valence-corrected chi connectivity index (χ2v) is 18.4. The number of nitrogens with one attached hydrogen (secondary N) is 1. The fourth-order valence-electron chi connectivity index (χ4n) is 7.42. The summed E-state index contributed by atoms with van der Waals surface area (Å²) in [5, 5.41) is 3.13.